The first-order valence-electron chi connectivity index (χ1n) is 7.96. The van der Waals surface area contributed by atoms with Crippen molar-refractivity contribution in [2.75, 3.05) is 26.2 Å². The van der Waals surface area contributed by atoms with Gasteiger partial charge in [0, 0.05) is 6.54 Å². The Kier molecular flexibility index (Phi) is 4.56. The standard InChI is InChI=1S/C17H24N2O2/c1-2-18-15-12-21-16(14-6-4-3-5-7-14)11-19(17(15)20)10-13-8-9-13/h3-7,13,15-16,18H,2,8-12H2,1H3/t15-,16-/m1/s1. The molecule has 0 radical (unpaired) electrons. The van der Waals surface area contributed by atoms with Crippen LogP contribution in [0, 0.1) is 5.92 Å². The lowest BCUT2D eigenvalue weighted by Crippen LogP contribution is -2.47. The predicted molar refractivity (Wildman–Crippen MR) is 81.9 cm³/mol. The second-order valence-corrected chi connectivity index (χ2v) is 6.03. The summed E-state index contributed by atoms with van der Waals surface area (Å²) in [6.45, 7) is 4.81. The van der Waals surface area contributed by atoms with Crippen LogP contribution >= 0.6 is 0 Å². The number of rotatable bonds is 5. The Morgan fingerprint density at radius 2 is 2.05 bits per heavy atom. The average molecular weight is 288 g/mol. The maximum atomic E-state index is 12.7. The van der Waals surface area contributed by atoms with Gasteiger partial charge in [-0.2, -0.15) is 0 Å². The fourth-order valence-electron chi connectivity index (χ4n) is 2.89. The molecule has 2 atom stereocenters. The van der Waals surface area contributed by atoms with Crippen LogP contribution in [0.1, 0.15) is 31.4 Å². The highest BCUT2D eigenvalue weighted by atomic mass is 16.5. The molecule has 1 aromatic rings. The SMILES string of the molecule is CCN[C@@H]1CO[C@@H](c2ccccc2)CN(CC2CC2)C1=O. The molecule has 1 saturated carbocycles. The Morgan fingerprint density at radius 1 is 1.29 bits per heavy atom. The fraction of sp³-hybridized carbons (Fsp3) is 0.588. The minimum absolute atomic E-state index is 0.0162. The number of ether oxygens (including phenoxy) is 1. The van der Waals surface area contributed by atoms with Crippen molar-refractivity contribution >= 4 is 5.91 Å². The monoisotopic (exact) mass is 288 g/mol. The van der Waals surface area contributed by atoms with Crippen molar-refractivity contribution in [2.24, 2.45) is 5.92 Å². The second-order valence-electron chi connectivity index (χ2n) is 6.03. The van der Waals surface area contributed by atoms with Crippen molar-refractivity contribution in [3.63, 3.8) is 0 Å². The molecular weight excluding hydrogens is 264 g/mol. The third-order valence-electron chi connectivity index (χ3n) is 4.26. The highest BCUT2D eigenvalue weighted by Crippen LogP contribution is 2.31. The van der Waals surface area contributed by atoms with Gasteiger partial charge < -0.3 is 15.0 Å². The quantitative estimate of drug-likeness (QED) is 0.901. The normalized spacial score (nSPS) is 26.7. The summed E-state index contributed by atoms with van der Waals surface area (Å²) in [6.07, 6.45) is 2.50. The maximum absolute atomic E-state index is 12.7. The van der Waals surface area contributed by atoms with Gasteiger partial charge in [-0.1, -0.05) is 37.3 Å². The van der Waals surface area contributed by atoms with Gasteiger partial charge in [0.15, 0.2) is 0 Å². The number of hydrogen-bond donors (Lipinski definition) is 1. The Balaban J connectivity index is 1.76. The van der Waals surface area contributed by atoms with Crippen molar-refractivity contribution in [3.05, 3.63) is 35.9 Å². The van der Waals surface area contributed by atoms with Gasteiger partial charge in [0.2, 0.25) is 5.91 Å². The lowest BCUT2D eigenvalue weighted by atomic mass is 10.1. The molecule has 1 heterocycles. The zero-order valence-corrected chi connectivity index (χ0v) is 12.6. The maximum Gasteiger partial charge on any atom is 0.242 e. The fourth-order valence-corrected chi connectivity index (χ4v) is 2.89. The number of nitrogens with zero attached hydrogens (tertiary/aromatic N) is 1. The molecule has 1 N–H and O–H groups in total. The van der Waals surface area contributed by atoms with E-state index in [4.69, 9.17) is 4.74 Å². The Morgan fingerprint density at radius 3 is 2.71 bits per heavy atom. The molecule has 114 valence electrons. The molecule has 2 aliphatic rings. The van der Waals surface area contributed by atoms with Crippen LogP contribution in [-0.4, -0.2) is 43.1 Å². The molecule has 0 spiro atoms. The van der Waals surface area contributed by atoms with Crippen molar-refractivity contribution in [3.8, 4) is 0 Å². The molecule has 1 saturated heterocycles. The van der Waals surface area contributed by atoms with E-state index in [1.54, 1.807) is 0 Å². The van der Waals surface area contributed by atoms with E-state index in [2.05, 4.69) is 17.4 Å². The van der Waals surface area contributed by atoms with Gasteiger partial charge in [0.1, 0.15) is 12.1 Å². The topological polar surface area (TPSA) is 41.6 Å². The van der Waals surface area contributed by atoms with E-state index in [0.717, 1.165) is 18.7 Å². The summed E-state index contributed by atoms with van der Waals surface area (Å²) in [5.74, 6) is 0.896. The molecule has 1 aliphatic heterocycles. The predicted octanol–water partition coefficient (Wildman–Crippen LogP) is 1.97. The lowest BCUT2D eigenvalue weighted by Gasteiger charge is -2.25. The molecular formula is C17H24N2O2. The van der Waals surface area contributed by atoms with Gasteiger partial charge in [0.05, 0.1) is 13.2 Å². The number of hydrogen-bond acceptors (Lipinski definition) is 3. The zero-order chi connectivity index (χ0) is 14.7. The van der Waals surface area contributed by atoms with Gasteiger partial charge in [-0.25, -0.2) is 0 Å². The number of carbonyl (C=O) groups excluding carboxylic acids is 1. The number of amides is 1. The third kappa shape index (κ3) is 3.63. The van der Waals surface area contributed by atoms with E-state index < -0.39 is 0 Å². The molecule has 2 fully saturated rings. The summed E-state index contributed by atoms with van der Waals surface area (Å²) in [7, 11) is 0. The van der Waals surface area contributed by atoms with Crippen LogP contribution < -0.4 is 5.32 Å². The van der Waals surface area contributed by atoms with Gasteiger partial charge in [-0.3, -0.25) is 4.79 Å². The summed E-state index contributed by atoms with van der Waals surface area (Å²) in [6, 6.07) is 10.0. The summed E-state index contributed by atoms with van der Waals surface area (Å²) in [5.41, 5.74) is 1.16. The molecule has 0 unspecified atom stereocenters. The number of nitrogens with one attached hydrogen (secondary N) is 1. The van der Waals surface area contributed by atoms with Crippen LogP contribution in [0.5, 0.6) is 0 Å². The highest BCUT2D eigenvalue weighted by Gasteiger charge is 2.35. The van der Waals surface area contributed by atoms with E-state index in [1.165, 1.54) is 12.8 Å². The van der Waals surface area contributed by atoms with Crippen LogP contribution in [0.2, 0.25) is 0 Å². The van der Waals surface area contributed by atoms with Crippen LogP contribution in [-0.2, 0) is 9.53 Å². The first-order chi connectivity index (χ1) is 10.3. The summed E-state index contributed by atoms with van der Waals surface area (Å²) in [5, 5.41) is 3.25. The van der Waals surface area contributed by atoms with Gasteiger partial charge >= 0.3 is 0 Å². The van der Waals surface area contributed by atoms with Crippen molar-refractivity contribution in [1.29, 1.82) is 0 Å². The molecule has 4 heteroatoms. The van der Waals surface area contributed by atoms with E-state index in [-0.39, 0.29) is 18.1 Å². The molecule has 1 amide bonds. The Bertz CT molecular complexity index is 473. The van der Waals surface area contributed by atoms with E-state index in [9.17, 15) is 4.79 Å². The van der Waals surface area contributed by atoms with Gasteiger partial charge in [-0.05, 0) is 30.9 Å². The minimum Gasteiger partial charge on any atom is -0.369 e. The van der Waals surface area contributed by atoms with Crippen molar-refractivity contribution in [2.45, 2.75) is 31.9 Å². The summed E-state index contributed by atoms with van der Waals surface area (Å²) in [4.78, 5) is 14.7. The number of benzene rings is 1. The smallest absolute Gasteiger partial charge is 0.242 e. The van der Waals surface area contributed by atoms with Gasteiger partial charge in [-0.15, -0.1) is 0 Å². The largest absolute Gasteiger partial charge is 0.369 e. The lowest BCUT2D eigenvalue weighted by molar-refractivity contribution is -0.133. The summed E-state index contributed by atoms with van der Waals surface area (Å²) >= 11 is 0. The third-order valence-corrected chi connectivity index (χ3v) is 4.26. The molecule has 1 aromatic carbocycles. The summed E-state index contributed by atoms with van der Waals surface area (Å²) < 4.78 is 6.03. The minimum atomic E-state index is -0.206. The molecule has 4 nitrogen and oxygen atoms in total. The van der Waals surface area contributed by atoms with E-state index in [0.29, 0.717) is 19.1 Å². The second kappa shape index (κ2) is 6.58. The molecule has 3 rings (SSSR count). The van der Waals surface area contributed by atoms with E-state index in [1.807, 2.05) is 30.0 Å². The van der Waals surface area contributed by atoms with Gasteiger partial charge in [0.25, 0.3) is 0 Å². The first kappa shape index (κ1) is 14.5. The Hall–Kier alpha value is -1.39. The van der Waals surface area contributed by atoms with Crippen LogP contribution in [0.3, 0.4) is 0 Å². The first-order valence-corrected chi connectivity index (χ1v) is 7.96. The number of likely N-dealkylation sites (N-methyl/N-ethyl adjacent to an activating group) is 1. The van der Waals surface area contributed by atoms with Crippen LogP contribution in [0.25, 0.3) is 0 Å². The molecule has 0 aromatic heterocycles. The number of carbonyl (C=O) groups is 1. The van der Waals surface area contributed by atoms with Crippen molar-refractivity contribution < 1.29 is 9.53 Å². The van der Waals surface area contributed by atoms with Crippen LogP contribution in [0.4, 0.5) is 0 Å². The van der Waals surface area contributed by atoms with Crippen LogP contribution in [0.15, 0.2) is 30.3 Å². The Labute approximate surface area is 126 Å². The van der Waals surface area contributed by atoms with Crippen molar-refractivity contribution in [1.82, 2.24) is 10.2 Å². The average Bonchev–Trinajstić information content (AvgIpc) is 3.33. The molecule has 1 aliphatic carbocycles. The molecule has 21 heavy (non-hydrogen) atoms. The van der Waals surface area contributed by atoms with E-state index >= 15 is 0 Å². The zero-order valence-electron chi connectivity index (χ0n) is 12.6. The highest BCUT2D eigenvalue weighted by molar-refractivity contribution is 5.82. The molecule has 0 bridgehead atoms.